The fourth-order valence-corrected chi connectivity index (χ4v) is 2.42. The van der Waals surface area contributed by atoms with Crippen LogP contribution in [0, 0.1) is 15.9 Å². The standard InChI is InChI=1S/C14H12FNO2S/c1-2-10-3-6-12(7-4-10)19-14-8-5-11(16(17)18)9-13(14)15/h3-9H,2H2,1H3. The number of nitro groups is 1. The van der Waals surface area contributed by atoms with Gasteiger partial charge in [-0.3, -0.25) is 10.1 Å². The van der Waals surface area contributed by atoms with Gasteiger partial charge >= 0.3 is 0 Å². The highest BCUT2D eigenvalue weighted by Crippen LogP contribution is 2.31. The summed E-state index contributed by atoms with van der Waals surface area (Å²) in [5, 5.41) is 10.5. The molecule has 0 aliphatic heterocycles. The molecule has 5 heteroatoms. The van der Waals surface area contributed by atoms with E-state index < -0.39 is 10.7 Å². The van der Waals surface area contributed by atoms with Crippen LogP contribution < -0.4 is 0 Å². The van der Waals surface area contributed by atoms with Gasteiger partial charge in [0.1, 0.15) is 5.82 Å². The molecule has 2 aromatic rings. The van der Waals surface area contributed by atoms with Crippen LogP contribution in [0.15, 0.2) is 52.3 Å². The molecule has 2 rings (SSSR count). The summed E-state index contributed by atoms with van der Waals surface area (Å²) in [5.41, 5.74) is 0.983. The van der Waals surface area contributed by atoms with Crippen LogP contribution in [0.3, 0.4) is 0 Å². The summed E-state index contributed by atoms with van der Waals surface area (Å²) < 4.78 is 13.7. The van der Waals surface area contributed by atoms with E-state index in [0.29, 0.717) is 4.90 Å². The third-order valence-electron chi connectivity index (χ3n) is 2.69. The molecular formula is C14H12FNO2S. The maximum atomic E-state index is 13.7. The maximum absolute atomic E-state index is 13.7. The fourth-order valence-electron chi connectivity index (χ4n) is 1.61. The molecule has 0 N–H and O–H groups in total. The monoisotopic (exact) mass is 277 g/mol. The number of benzene rings is 2. The van der Waals surface area contributed by atoms with E-state index in [1.165, 1.54) is 29.5 Å². The van der Waals surface area contributed by atoms with Gasteiger partial charge in [-0.1, -0.05) is 30.8 Å². The molecule has 98 valence electrons. The first-order valence-corrected chi connectivity index (χ1v) is 6.62. The van der Waals surface area contributed by atoms with Crippen molar-refractivity contribution in [3.63, 3.8) is 0 Å². The van der Waals surface area contributed by atoms with E-state index in [9.17, 15) is 14.5 Å². The Hall–Kier alpha value is -1.88. The van der Waals surface area contributed by atoms with Crippen LogP contribution in [0.1, 0.15) is 12.5 Å². The molecule has 3 nitrogen and oxygen atoms in total. The van der Waals surface area contributed by atoms with E-state index >= 15 is 0 Å². The van der Waals surface area contributed by atoms with Crippen LogP contribution in [0.25, 0.3) is 0 Å². The van der Waals surface area contributed by atoms with Gasteiger partial charge in [-0.25, -0.2) is 4.39 Å². The Kier molecular flexibility index (Phi) is 4.16. The Morgan fingerprint density at radius 2 is 1.89 bits per heavy atom. The molecule has 0 fully saturated rings. The van der Waals surface area contributed by atoms with Crippen molar-refractivity contribution >= 4 is 17.4 Å². The average Bonchev–Trinajstić information content (AvgIpc) is 2.41. The van der Waals surface area contributed by atoms with Gasteiger partial charge in [0.25, 0.3) is 5.69 Å². The lowest BCUT2D eigenvalue weighted by atomic mass is 10.2. The summed E-state index contributed by atoms with van der Waals surface area (Å²) in [4.78, 5) is 11.2. The van der Waals surface area contributed by atoms with E-state index in [0.717, 1.165) is 17.4 Å². The number of halogens is 1. The number of hydrogen-bond donors (Lipinski definition) is 0. The molecule has 0 heterocycles. The van der Waals surface area contributed by atoms with Crippen molar-refractivity contribution in [1.29, 1.82) is 0 Å². The fraction of sp³-hybridized carbons (Fsp3) is 0.143. The van der Waals surface area contributed by atoms with Crippen LogP contribution in [0.4, 0.5) is 10.1 Å². The van der Waals surface area contributed by atoms with Gasteiger partial charge in [0, 0.05) is 15.9 Å². The summed E-state index contributed by atoms with van der Waals surface area (Å²) in [6.45, 7) is 2.07. The van der Waals surface area contributed by atoms with Gasteiger partial charge < -0.3 is 0 Å². The quantitative estimate of drug-likeness (QED) is 0.612. The van der Waals surface area contributed by atoms with E-state index in [1.807, 2.05) is 24.3 Å². The number of non-ortho nitro benzene ring substituents is 1. The highest BCUT2D eigenvalue weighted by Gasteiger charge is 2.11. The summed E-state index contributed by atoms with van der Waals surface area (Å²) in [6, 6.07) is 11.5. The molecule has 0 spiro atoms. The minimum absolute atomic E-state index is 0.233. The molecule has 0 saturated carbocycles. The van der Waals surface area contributed by atoms with Gasteiger partial charge in [0.15, 0.2) is 0 Å². The van der Waals surface area contributed by atoms with Crippen molar-refractivity contribution in [2.24, 2.45) is 0 Å². The van der Waals surface area contributed by atoms with Crippen LogP contribution >= 0.6 is 11.8 Å². The van der Waals surface area contributed by atoms with Gasteiger partial charge in [0.05, 0.1) is 11.0 Å². The van der Waals surface area contributed by atoms with Gasteiger partial charge in [-0.15, -0.1) is 0 Å². The van der Waals surface area contributed by atoms with Crippen molar-refractivity contribution in [1.82, 2.24) is 0 Å². The number of aryl methyl sites for hydroxylation is 1. The van der Waals surface area contributed by atoms with Gasteiger partial charge in [-0.05, 0) is 30.2 Å². The summed E-state index contributed by atoms with van der Waals surface area (Å²) in [5.74, 6) is -0.571. The van der Waals surface area contributed by atoms with Crippen molar-refractivity contribution in [2.45, 2.75) is 23.1 Å². The first kappa shape index (κ1) is 13.5. The minimum Gasteiger partial charge on any atom is -0.258 e. The zero-order chi connectivity index (χ0) is 13.8. The second-order valence-electron chi connectivity index (χ2n) is 3.97. The molecule has 0 amide bonds. The van der Waals surface area contributed by atoms with Gasteiger partial charge in [-0.2, -0.15) is 0 Å². The Morgan fingerprint density at radius 3 is 2.42 bits per heavy atom. The summed E-state index contributed by atoms with van der Waals surface area (Å²) >= 11 is 1.26. The lowest BCUT2D eigenvalue weighted by Crippen LogP contribution is -1.90. The van der Waals surface area contributed by atoms with Crippen molar-refractivity contribution < 1.29 is 9.31 Å². The molecule has 0 aliphatic carbocycles. The highest BCUT2D eigenvalue weighted by molar-refractivity contribution is 7.99. The van der Waals surface area contributed by atoms with Crippen LogP contribution in [-0.4, -0.2) is 4.92 Å². The van der Waals surface area contributed by atoms with Crippen molar-refractivity contribution in [3.05, 3.63) is 64.0 Å². The molecule has 0 bridgehead atoms. The van der Waals surface area contributed by atoms with E-state index in [4.69, 9.17) is 0 Å². The largest absolute Gasteiger partial charge is 0.272 e. The van der Waals surface area contributed by atoms with Crippen molar-refractivity contribution in [3.8, 4) is 0 Å². The molecule has 0 atom stereocenters. The maximum Gasteiger partial charge on any atom is 0.272 e. The molecular weight excluding hydrogens is 265 g/mol. The average molecular weight is 277 g/mol. The summed E-state index contributed by atoms with van der Waals surface area (Å²) in [6.07, 6.45) is 0.955. The molecule has 2 aromatic carbocycles. The second kappa shape index (κ2) is 5.84. The smallest absolute Gasteiger partial charge is 0.258 e. The summed E-state index contributed by atoms with van der Waals surface area (Å²) in [7, 11) is 0. The van der Waals surface area contributed by atoms with Crippen molar-refractivity contribution in [2.75, 3.05) is 0 Å². The lowest BCUT2D eigenvalue weighted by Gasteiger charge is -2.04. The third-order valence-corrected chi connectivity index (χ3v) is 3.74. The molecule has 0 unspecified atom stereocenters. The Morgan fingerprint density at radius 1 is 1.21 bits per heavy atom. The molecule has 0 aliphatic rings. The topological polar surface area (TPSA) is 43.1 Å². The van der Waals surface area contributed by atoms with Crippen LogP contribution in [0.2, 0.25) is 0 Å². The number of hydrogen-bond acceptors (Lipinski definition) is 3. The van der Waals surface area contributed by atoms with Crippen LogP contribution in [-0.2, 0) is 6.42 Å². The zero-order valence-corrected chi connectivity index (χ0v) is 11.1. The van der Waals surface area contributed by atoms with Gasteiger partial charge in [0.2, 0.25) is 0 Å². The molecule has 0 aromatic heterocycles. The van der Waals surface area contributed by atoms with E-state index in [2.05, 4.69) is 6.92 Å². The number of nitro benzene ring substituents is 1. The number of rotatable bonds is 4. The Balaban J connectivity index is 2.20. The zero-order valence-electron chi connectivity index (χ0n) is 10.3. The predicted molar refractivity (Wildman–Crippen MR) is 73.0 cm³/mol. The number of nitrogens with zero attached hydrogens (tertiary/aromatic N) is 1. The Labute approximate surface area is 114 Å². The minimum atomic E-state index is -0.604. The molecule has 0 radical (unpaired) electrons. The predicted octanol–water partition coefficient (Wildman–Crippen LogP) is 4.45. The van der Waals surface area contributed by atoms with E-state index in [1.54, 1.807) is 0 Å². The Bertz CT molecular complexity index is 599. The second-order valence-corrected chi connectivity index (χ2v) is 5.09. The lowest BCUT2D eigenvalue weighted by molar-refractivity contribution is -0.385. The molecule has 0 saturated heterocycles. The molecule has 19 heavy (non-hydrogen) atoms. The van der Waals surface area contributed by atoms with E-state index in [-0.39, 0.29) is 5.69 Å². The highest BCUT2D eigenvalue weighted by atomic mass is 32.2. The normalized spacial score (nSPS) is 10.4. The first-order valence-electron chi connectivity index (χ1n) is 5.81. The first-order chi connectivity index (χ1) is 9.10. The third kappa shape index (κ3) is 3.32. The van der Waals surface area contributed by atoms with Crippen LogP contribution in [0.5, 0.6) is 0 Å². The SMILES string of the molecule is CCc1ccc(Sc2ccc([N+](=O)[O-])cc2F)cc1.